The van der Waals surface area contributed by atoms with Crippen molar-refractivity contribution < 1.29 is 4.79 Å². The van der Waals surface area contributed by atoms with Gasteiger partial charge in [-0.1, -0.05) is 64.6 Å². The molecular formula is C26H35N3OS. The normalized spacial score (nSPS) is 13.1. The molecule has 1 N–H and O–H groups in total. The number of fused-ring (bicyclic) bond motifs is 2. The Morgan fingerprint density at radius 3 is 2.42 bits per heavy atom. The number of amides is 1. The molecule has 0 aliphatic carbocycles. The van der Waals surface area contributed by atoms with Gasteiger partial charge in [0.1, 0.15) is 0 Å². The molecule has 1 aliphatic heterocycles. The van der Waals surface area contributed by atoms with E-state index in [9.17, 15) is 4.79 Å². The van der Waals surface area contributed by atoms with Gasteiger partial charge in [0.15, 0.2) is 0 Å². The largest absolute Gasteiger partial charge is 0.351 e. The molecule has 0 saturated heterocycles. The molecule has 0 bridgehead atoms. The summed E-state index contributed by atoms with van der Waals surface area (Å²) in [4.78, 5) is 22.5. The van der Waals surface area contributed by atoms with Crippen LogP contribution in [0.15, 0.2) is 57.2 Å². The molecule has 4 nitrogen and oxygen atoms in total. The lowest BCUT2D eigenvalue weighted by Crippen LogP contribution is -2.38. The average Bonchev–Trinajstić information content (AvgIpc) is 2.88. The minimum atomic E-state index is -0.0307. The number of rotatable bonds is 9. The summed E-state index contributed by atoms with van der Waals surface area (Å²) in [6.07, 6.45) is 0.856. The van der Waals surface area contributed by atoms with Gasteiger partial charge < -0.3 is 10.2 Å². The van der Waals surface area contributed by atoms with Crippen LogP contribution in [0.3, 0.4) is 0 Å². The minimum Gasteiger partial charge on any atom is -0.351 e. The van der Waals surface area contributed by atoms with Crippen molar-refractivity contribution in [3.05, 3.63) is 53.6 Å². The first-order chi connectivity index (χ1) is 14.9. The van der Waals surface area contributed by atoms with Crippen LogP contribution in [0.1, 0.15) is 57.0 Å². The van der Waals surface area contributed by atoms with E-state index in [4.69, 9.17) is 4.99 Å². The van der Waals surface area contributed by atoms with Gasteiger partial charge in [0.25, 0.3) is 5.91 Å². The number of benzene rings is 2. The van der Waals surface area contributed by atoms with Gasteiger partial charge in [0.05, 0.1) is 5.69 Å². The predicted molar refractivity (Wildman–Crippen MR) is 132 cm³/mol. The molecule has 0 spiro atoms. The molecule has 0 fully saturated rings. The van der Waals surface area contributed by atoms with Gasteiger partial charge in [-0.2, -0.15) is 0 Å². The zero-order chi connectivity index (χ0) is 22.4. The zero-order valence-corrected chi connectivity index (χ0v) is 20.3. The molecule has 1 aliphatic rings. The standard InChI is InChI=1S/C26H35N3OS/c1-6-22-21-9-7-8-10-24(21)31-25-12-11-20(15-23(25)28-22)26(30)27-13-14-29(16-18(2)3)17-19(4)5/h7-12,15,18-19H,6,13-14,16-17H2,1-5H3,(H,27,30). The van der Waals surface area contributed by atoms with Crippen molar-refractivity contribution in [2.45, 2.75) is 50.8 Å². The molecule has 0 radical (unpaired) electrons. The monoisotopic (exact) mass is 437 g/mol. The Hall–Kier alpha value is -2.11. The molecule has 166 valence electrons. The number of carbonyl (C=O) groups excluding carboxylic acids is 1. The first kappa shape index (κ1) is 23.6. The molecule has 3 rings (SSSR count). The van der Waals surface area contributed by atoms with Crippen molar-refractivity contribution in [3.63, 3.8) is 0 Å². The number of hydrogen-bond donors (Lipinski definition) is 1. The van der Waals surface area contributed by atoms with Crippen LogP contribution in [0.25, 0.3) is 0 Å². The van der Waals surface area contributed by atoms with Crippen molar-refractivity contribution in [2.24, 2.45) is 16.8 Å². The molecule has 0 unspecified atom stereocenters. The van der Waals surface area contributed by atoms with E-state index in [1.54, 1.807) is 11.8 Å². The summed E-state index contributed by atoms with van der Waals surface area (Å²) in [5.74, 6) is 1.20. The van der Waals surface area contributed by atoms with Gasteiger partial charge in [-0.15, -0.1) is 0 Å². The Morgan fingerprint density at radius 2 is 1.74 bits per heavy atom. The fourth-order valence-electron chi connectivity index (χ4n) is 3.94. The Bertz CT molecular complexity index is 926. The van der Waals surface area contributed by atoms with Crippen molar-refractivity contribution in [3.8, 4) is 0 Å². The van der Waals surface area contributed by atoms with Gasteiger partial charge in [0, 0.05) is 52.8 Å². The Morgan fingerprint density at radius 1 is 1.03 bits per heavy atom. The summed E-state index contributed by atoms with van der Waals surface area (Å²) in [6.45, 7) is 14.7. The third-order valence-electron chi connectivity index (χ3n) is 5.19. The molecule has 1 heterocycles. The molecule has 0 aromatic heterocycles. The number of nitrogens with zero attached hydrogens (tertiary/aromatic N) is 2. The highest BCUT2D eigenvalue weighted by molar-refractivity contribution is 7.99. The lowest BCUT2D eigenvalue weighted by atomic mass is 10.1. The summed E-state index contributed by atoms with van der Waals surface area (Å²) in [6, 6.07) is 14.3. The van der Waals surface area contributed by atoms with E-state index < -0.39 is 0 Å². The average molecular weight is 438 g/mol. The highest BCUT2D eigenvalue weighted by atomic mass is 32.2. The second kappa shape index (κ2) is 11.0. The minimum absolute atomic E-state index is 0.0307. The maximum absolute atomic E-state index is 12.8. The van der Waals surface area contributed by atoms with E-state index in [1.165, 1.54) is 10.5 Å². The molecular weight excluding hydrogens is 402 g/mol. The van der Waals surface area contributed by atoms with Crippen LogP contribution in [0, 0.1) is 11.8 Å². The van der Waals surface area contributed by atoms with Crippen LogP contribution in [0.5, 0.6) is 0 Å². The molecule has 2 aromatic carbocycles. The highest BCUT2D eigenvalue weighted by Gasteiger charge is 2.18. The fraction of sp³-hybridized carbons (Fsp3) is 0.462. The molecule has 2 aromatic rings. The van der Waals surface area contributed by atoms with Gasteiger partial charge in [0.2, 0.25) is 0 Å². The Kier molecular flexibility index (Phi) is 8.33. The lowest BCUT2D eigenvalue weighted by molar-refractivity contribution is 0.0946. The van der Waals surface area contributed by atoms with Gasteiger partial charge >= 0.3 is 0 Å². The number of carbonyl (C=O) groups is 1. The summed E-state index contributed by atoms with van der Waals surface area (Å²) in [5, 5.41) is 3.10. The highest BCUT2D eigenvalue weighted by Crippen LogP contribution is 2.41. The van der Waals surface area contributed by atoms with E-state index >= 15 is 0 Å². The maximum atomic E-state index is 12.8. The zero-order valence-electron chi connectivity index (χ0n) is 19.4. The molecule has 1 amide bonds. The van der Waals surface area contributed by atoms with Crippen molar-refractivity contribution in [2.75, 3.05) is 26.2 Å². The van der Waals surface area contributed by atoms with Crippen LogP contribution in [0.2, 0.25) is 0 Å². The van der Waals surface area contributed by atoms with Gasteiger partial charge in [-0.3, -0.25) is 9.79 Å². The van der Waals surface area contributed by atoms with E-state index in [1.807, 2.05) is 18.2 Å². The number of nitrogens with one attached hydrogen (secondary N) is 1. The summed E-state index contributed by atoms with van der Waals surface area (Å²) in [7, 11) is 0. The summed E-state index contributed by atoms with van der Waals surface area (Å²) >= 11 is 1.72. The van der Waals surface area contributed by atoms with Crippen LogP contribution in [-0.4, -0.2) is 42.7 Å². The number of hydrogen-bond acceptors (Lipinski definition) is 4. The Labute approximate surface area is 191 Å². The quantitative estimate of drug-likeness (QED) is 0.521. The number of aliphatic imine (C=N–C) groups is 1. The summed E-state index contributed by atoms with van der Waals surface area (Å²) in [5.41, 5.74) is 3.81. The lowest BCUT2D eigenvalue weighted by Gasteiger charge is -2.26. The van der Waals surface area contributed by atoms with Crippen LogP contribution in [0.4, 0.5) is 5.69 Å². The molecule has 0 saturated carbocycles. The molecule has 31 heavy (non-hydrogen) atoms. The third-order valence-corrected chi connectivity index (χ3v) is 6.33. The van der Waals surface area contributed by atoms with Crippen LogP contribution in [-0.2, 0) is 0 Å². The molecule has 5 heteroatoms. The maximum Gasteiger partial charge on any atom is 0.251 e. The van der Waals surface area contributed by atoms with E-state index in [-0.39, 0.29) is 5.91 Å². The van der Waals surface area contributed by atoms with Crippen LogP contribution < -0.4 is 5.32 Å². The molecule has 0 atom stereocenters. The summed E-state index contributed by atoms with van der Waals surface area (Å²) < 4.78 is 0. The van der Waals surface area contributed by atoms with Crippen LogP contribution >= 0.6 is 11.8 Å². The van der Waals surface area contributed by atoms with E-state index in [2.05, 4.69) is 69.1 Å². The SMILES string of the molecule is CCC1=Nc2cc(C(=O)NCCN(CC(C)C)CC(C)C)ccc2Sc2ccccc21. The topological polar surface area (TPSA) is 44.7 Å². The van der Waals surface area contributed by atoms with Gasteiger partial charge in [-0.05, 0) is 42.5 Å². The van der Waals surface area contributed by atoms with Crippen molar-refractivity contribution in [1.82, 2.24) is 10.2 Å². The van der Waals surface area contributed by atoms with E-state index in [0.29, 0.717) is 23.9 Å². The third kappa shape index (κ3) is 6.44. The fourth-order valence-corrected chi connectivity index (χ4v) is 4.96. The Balaban J connectivity index is 1.70. The second-order valence-corrected chi connectivity index (χ2v) is 10.1. The first-order valence-corrected chi connectivity index (χ1v) is 12.2. The first-order valence-electron chi connectivity index (χ1n) is 11.4. The van der Waals surface area contributed by atoms with E-state index in [0.717, 1.165) is 42.3 Å². The van der Waals surface area contributed by atoms with Crippen molar-refractivity contribution >= 4 is 29.1 Å². The predicted octanol–water partition coefficient (Wildman–Crippen LogP) is 6.03. The van der Waals surface area contributed by atoms with Gasteiger partial charge in [-0.25, -0.2) is 0 Å². The van der Waals surface area contributed by atoms with Crippen molar-refractivity contribution in [1.29, 1.82) is 0 Å². The second-order valence-electron chi connectivity index (χ2n) is 9.00. The smallest absolute Gasteiger partial charge is 0.251 e.